The van der Waals surface area contributed by atoms with Crippen molar-refractivity contribution in [3.8, 4) is 0 Å². The molecule has 0 saturated heterocycles. The molecule has 0 heterocycles. The van der Waals surface area contributed by atoms with Gasteiger partial charge in [0.15, 0.2) is 0 Å². The molecule has 1 fully saturated rings. The summed E-state index contributed by atoms with van der Waals surface area (Å²) in [6.45, 7) is 0.827. The molecular weight excluding hydrogens is 254 g/mol. The number of hydrogen-bond donors (Lipinski definition) is 1. The van der Waals surface area contributed by atoms with Crippen LogP contribution in [0, 0.1) is 11.8 Å². The summed E-state index contributed by atoms with van der Waals surface area (Å²) in [7, 11) is 0. The van der Waals surface area contributed by atoms with Crippen LogP contribution in [0.5, 0.6) is 0 Å². The maximum atomic E-state index is 6.24. The predicted molar refractivity (Wildman–Crippen MR) is 81.6 cm³/mol. The molecular formula is C17H24ClN. The van der Waals surface area contributed by atoms with Crippen LogP contribution in [0.25, 0.3) is 0 Å². The largest absolute Gasteiger partial charge is 0.330 e. The molecule has 3 rings (SSSR count). The smallest absolute Gasteiger partial charge is 0.0409 e. The summed E-state index contributed by atoms with van der Waals surface area (Å²) in [6.07, 6.45) is 9.41. The Balaban J connectivity index is 1.95. The van der Waals surface area contributed by atoms with Crippen molar-refractivity contribution in [2.45, 2.75) is 50.9 Å². The summed E-state index contributed by atoms with van der Waals surface area (Å²) >= 11 is 6.24. The Morgan fingerprint density at radius 3 is 2.63 bits per heavy atom. The first-order valence-corrected chi connectivity index (χ1v) is 8.16. The monoisotopic (exact) mass is 277 g/mol. The molecule has 1 aromatic carbocycles. The summed E-state index contributed by atoms with van der Waals surface area (Å²) in [4.78, 5) is 0. The maximum Gasteiger partial charge on any atom is 0.0409 e. The molecule has 2 heteroatoms. The Kier molecular flexibility index (Phi) is 4.14. The predicted octanol–water partition coefficient (Wildman–Crippen LogP) is 4.53. The standard InChI is InChI=1S/C17H24ClN/c18-15-9-8-12-6-7-14(11-19)17(16(12)10-15)13-4-2-1-3-5-13/h8-10,13-14,17H,1-7,11,19H2. The van der Waals surface area contributed by atoms with Gasteiger partial charge in [-0.25, -0.2) is 0 Å². The first kappa shape index (κ1) is 13.5. The van der Waals surface area contributed by atoms with Gasteiger partial charge in [0.05, 0.1) is 0 Å². The van der Waals surface area contributed by atoms with E-state index in [9.17, 15) is 0 Å². The molecule has 2 unspecified atom stereocenters. The average Bonchev–Trinajstić information content (AvgIpc) is 2.46. The van der Waals surface area contributed by atoms with Crippen molar-refractivity contribution in [3.05, 3.63) is 34.3 Å². The Morgan fingerprint density at radius 2 is 1.89 bits per heavy atom. The van der Waals surface area contributed by atoms with E-state index in [0.717, 1.165) is 17.5 Å². The maximum absolute atomic E-state index is 6.24. The fraction of sp³-hybridized carbons (Fsp3) is 0.647. The van der Waals surface area contributed by atoms with E-state index >= 15 is 0 Å². The van der Waals surface area contributed by atoms with Crippen molar-refractivity contribution in [3.63, 3.8) is 0 Å². The van der Waals surface area contributed by atoms with Crippen LogP contribution in [0.2, 0.25) is 5.02 Å². The molecule has 0 bridgehead atoms. The van der Waals surface area contributed by atoms with Crippen molar-refractivity contribution < 1.29 is 0 Å². The van der Waals surface area contributed by atoms with E-state index in [4.69, 9.17) is 17.3 Å². The molecule has 0 aromatic heterocycles. The van der Waals surface area contributed by atoms with Gasteiger partial charge in [-0.15, -0.1) is 0 Å². The van der Waals surface area contributed by atoms with Gasteiger partial charge in [-0.1, -0.05) is 36.9 Å². The van der Waals surface area contributed by atoms with Crippen LogP contribution in [-0.4, -0.2) is 6.54 Å². The minimum absolute atomic E-state index is 0.660. The SMILES string of the molecule is NCC1CCc2ccc(Cl)cc2C1C1CCCCC1. The third kappa shape index (κ3) is 2.68. The third-order valence-electron chi connectivity index (χ3n) is 5.22. The number of halogens is 1. The zero-order valence-electron chi connectivity index (χ0n) is 11.6. The number of fused-ring (bicyclic) bond motifs is 1. The van der Waals surface area contributed by atoms with Crippen LogP contribution in [-0.2, 0) is 6.42 Å². The molecule has 104 valence electrons. The minimum atomic E-state index is 0.660. The average molecular weight is 278 g/mol. The zero-order chi connectivity index (χ0) is 13.2. The summed E-state index contributed by atoms with van der Waals surface area (Å²) in [6, 6.07) is 6.50. The van der Waals surface area contributed by atoms with Crippen molar-refractivity contribution >= 4 is 11.6 Å². The van der Waals surface area contributed by atoms with Gasteiger partial charge in [-0.3, -0.25) is 0 Å². The number of nitrogens with two attached hydrogens (primary N) is 1. The molecule has 2 aliphatic rings. The van der Waals surface area contributed by atoms with E-state index in [0.29, 0.717) is 11.8 Å². The van der Waals surface area contributed by atoms with Gasteiger partial charge in [-0.05, 0) is 73.2 Å². The van der Waals surface area contributed by atoms with Crippen LogP contribution in [0.15, 0.2) is 18.2 Å². The number of benzene rings is 1. The topological polar surface area (TPSA) is 26.0 Å². The number of rotatable bonds is 2. The van der Waals surface area contributed by atoms with Gasteiger partial charge >= 0.3 is 0 Å². The fourth-order valence-corrected chi connectivity index (χ4v) is 4.46. The molecule has 1 aromatic rings. The highest BCUT2D eigenvalue weighted by Gasteiger charge is 2.35. The Morgan fingerprint density at radius 1 is 1.11 bits per heavy atom. The number of hydrogen-bond acceptors (Lipinski definition) is 1. The second-order valence-electron chi connectivity index (χ2n) is 6.30. The summed E-state index contributed by atoms with van der Waals surface area (Å²) in [5, 5.41) is 0.886. The lowest BCUT2D eigenvalue weighted by Crippen LogP contribution is -2.32. The fourth-order valence-electron chi connectivity index (χ4n) is 4.27. The second-order valence-corrected chi connectivity index (χ2v) is 6.74. The molecule has 1 nitrogen and oxygen atoms in total. The molecule has 19 heavy (non-hydrogen) atoms. The van der Waals surface area contributed by atoms with Gasteiger partial charge in [0.1, 0.15) is 0 Å². The van der Waals surface area contributed by atoms with Gasteiger partial charge in [0.2, 0.25) is 0 Å². The van der Waals surface area contributed by atoms with Gasteiger partial charge in [0.25, 0.3) is 0 Å². The van der Waals surface area contributed by atoms with Crippen LogP contribution < -0.4 is 5.73 Å². The summed E-state index contributed by atoms with van der Waals surface area (Å²) in [5.74, 6) is 2.15. The summed E-state index contributed by atoms with van der Waals surface area (Å²) < 4.78 is 0. The lowest BCUT2D eigenvalue weighted by molar-refractivity contribution is 0.226. The van der Waals surface area contributed by atoms with E-state index in [1.807, 2.05) is 6.07 Å². The van der Waals surface area contributed by atoms with Gasteiger partial charge in [-0.2, -0.15) is 0 Å². The number of aryl methyl sites for hydroxylation is 1. The highest BCUT2D eigenvalue weighted by Crippen LogP contribution is 2.46. The minimum Gasteiger partial charge on any atom is -0.330 e. The van der Waals surface area contributed by atoms with Crippen molar-refractivity contribution in [2.24, 2.45) is 17.6 Å². The zero-order valence-corrected chi connectivity index (χ0v) is 12.3. The van der Waals surface area contributed by atoms with Gasteiger partial charge in [0, 0.05) is 5.02 Å². The van der Waals surface area contributed by atoms with Crippen molar-refractivity contribution in [1.82, 2.24) is 0 Å². The molecule has 2 aliphatic carbocycles. The molecule has 1 saturated carbocycles. The lowest BCUT2D eigenvalue weighted by Gasteiger charge is -2.40. The van der Waals surface area contributed by atoms with E-state index in [1.165, 1.54) is 56.1 Å². The Bertz CT molecular complexity index is 437. The van der Waals surface area contributed by atoms with Crippen molar-refractivity contribution in [2.75, 3.05) is 6.54 Å². The molecule has 2 N–H and O–H groups in total. The van der Waals surface area contributed by atoms with E-state index < -0.39 is 0 Å². The van der Waals surface area contributed by atoms with Crippen molar-refractivity contribution in [1.29, 1.82) is 0 Å². The molecule has 0 spiro atoms. The molecule has 0 aliphatic heterocycles. The normalized spacial score (nSPS) is 28.1. The van der Waals surface area contributed by atoms with Crippen LogP contribution >= 0.6 is 11.6 Å². The quantitative estimate of drug-likeness (QED) is 0.845. The van der Waals surface area contributed by atoms with E-state index in [-0.39, 0.29) is 0 Å². The molecule has 0 radical (unpaired) electrons. The Labute approximate surface area is 121 Å². The van der Waals surface area contributed by atoms with Crippen LogP contribution in [0.1, 0.15) is 55.6 Å². The first-order valence-electron chi connectivity index (χ1n) is 7.78. The van der Waals surface area contributed by atoms with Crippen LogP contribution in [0.3, 0.4) is 0 Å². The highest BCUT2D eigenvalue weighted by molar-refractivity contribution is 6.30. The first-order chi connectivity index (χ1) is 9.29. The second kappa shape index (κ2) is 5.85. The summed E-state index contributed by atoms with van der Waals surface area (Å²) in [5.41, 5.74) is 9.10. The van der Waals surface area contributed by atoms with E-state index in [1.54, 1.807) is 0 Å². The molecule has 0 amide bonds. The van der Waals surface area contributed by atoms with Gasteiger partial charge < -0.3 is 5.73 Å². The van der Waals surface area contributed by atoms with E-state index in [2.05, 4.69) is 12.1 Å². The lowest BCUT2D eigenvalue weighted by atomic mass is 9.65. The molecule has 2 atom stereocenters. The Hall–Kier alpha value is -0.530. The highest BCUT2D eigenvalue weighted by atomic mass is 35.5. The van der Waals surface area contributed by atoms with Crippen LogP contribution in [0.4, 0.5) is 0 Å². The third-order valence-corrected chi connectivity index (χ3v) is 5.45.